The van der Waals surface area contributed by atoms with Crippen LogP contribution in [0.25, 0.3) is 0 Å². The van der Waals surface area contributed by atoms with Crippen LogP contribution in [0, 0.1) is 23.7 Å². The molecule has 3 aliphatic rings. The fourth-order valence-corrected chi connectivity index (χ4v) is 13.6. The Kier molecular flexibility index (Phi) is 34.3. The molecule has 28 heteroatoms. The van der Waals surface area contributed by atoms with Crippen LogP contribution < -0.4 is 26.6 Å². The van der Waals surface area contributed by atoms with Gasteiger partial charge in [0, 0.05) is 100 Å². The Morgan fingerprint density at radius 2 is 1.01 bits per heavy atom. The number of carbonyl (C=O) groups excluding carboxylic acids is 12. The van der Waals surface area contributed by atoms with Gasteiger partial charge in [0.1, 0.15) is 60.4 Å². The van der Waals surface area contributed by atoms with E-state index in [1.807, 2.05) is 48.5 Å². The Bertz CT molecular complexity index is 3240. The lowest BCUT2D eigenvalue weighted by Crippen LogP contribution is -2.62. The van der Waals surface area contributed by atoms with Gasteiger partial charge in [-0.2, -0.15) is 0 Å². The Hall–Kier alpha value is -8.14. The van der Waals surface area contributed by atoms with Crippen molar-refractivity contribution in [3.05, 3.63) is 71.8 Å². The number of halogens is 2. The summed E-state index contributed by atoms with van der Waals surface area (Å²) >= 11 is 0. The van der Waals surface area contributed by atoms with Crippen LogP contribution in [0.5, 0.6) is 0 Å². The number of carbonyl (C=O) groups is 12. The van der Waals surface area contributed by atoms with Crippen molar-refractivity contribution in [2.45, 2.75) is 238 Å². The number of nitrogens with one attached hydrogen (secondary N) is 5. The highest BCUT2D eigenvalue weighted by Crippen LogP contribution is 2.29. The highest BCUT2D eigenvalue weighted by atomic mass is 19.3. The molecule has 2 aromatic carbocycles. The molecule has 0 unspecified atom stereocenters. The second-order valence-electron chi connectivity index (χ2n) is 30.7. The van der Waals surface area contributed by atoms with Crippen molar-refractivity contribution in [2.24, 2.45) is 23.7 Å². The predicted molar refractivity (Wildman–Crippen MR) is 395 cm³/mol. The van der Waals surface area contributed by atoms with Crippen LogP contribution in [0.1, 0.15) is 164 Å². The lowest BCUT2D eigenvalue weighted by atomic mass is 9.97. The highest BCUT2D eigenvalue weighted by Gasteiger charge is 2.44. The summed E-state index contributed by atoms with van der Waals surface area (Å²) in [5, 5.41) is 25.6. The minimum Gasteiger partial charge on any atom is -0.391 e. The van der Waals surface area contributed by atoms with Crippen LogP contribution in [0.3, 0.4) is 0 Å². The van der Waals surface area contributed by atoms with E-state index >= 15 is 38.4 Å². The van der Waals surface area contributed by atoms with Crippen LogP contribution in [0.15, 0.2) is 60.7 Å². The molecule has 3 heterocycles. The average Bonchev–Trinajstić information content (AvgIpc) is 0.823. The Morgan fingerprint density at radius 1 is 0.524 bits per heavy atom. The van der Waals surface area contributed by atoms with Gasteiger partial charge in [0.2, 0.25) is 70.9 Å². The number of aliphatic hydroxyl groups is 1. The van der Waals surface area contributed by atoms with E-state index in [2.05, 4.69) is 26.6 Å². The van der Waals surface area contributed by atoms with Gasteiger partial charge in [-0.25, -0.2) is 8.78 Å². The van der Waals surface area contributed by atoms with Gasteiger partial charge in [-0.1, -0.05) is 129 Å². The first kappa shape index (κ1) is 87.5. The van der Waals surface area contributed by atoms with Crippen LogP contribution in [-0.4, -0.2) is 269 Å². The molecular weight excluding hydrogens is 1350 g/mol. The van der Waals surface area contributed by atoms with Crippen molar-refractivity contribution in [3.8, 4) is 0 Å². The SMILES string of the molecule is CCCCN1CC(=O)N(C)[C@@H](CC(C)C)C(=O)N[C@@H](CC(C)C)C(=O)N(C)[C@@H](Cc2ccccc2)C(=O)N(C)[C@@H](C)C(=O)N[C@H](C(=O)N2CCCCC2)CC(=O)N[C@H](C(C)C)C(=O)N(C)[C@@H](Cc2ccccc2)C(=O)N[C@@H](CC(C)C)C(=O)N(C)[C@@H](CCN2CCC(F)(F)CC2)C(=O)N[C@@H]([C@@H](C)O)C1=O. The topological polar surface area (TPSA) is 311 Å². The van der Waals surface area contributed by atoms with Gasteiger partial charge < -0.3 is 70.9 Å². The molecule has 2 aromatic rings. The maximum Gasteiger partial charge on any atom is 0.250 e. The first-order valence-corrected chi connectivity index (χ1v) is 37.6. The maximum atomic E-state index is 15.4. The number of alkyl halides is 2. The number of aliphatic hydroxyl groups excluding tert-OH is 1. The van der Waals surface area contributed by atoms with E-state index in [0.29, 0.717) is 49.9 Å². The van der Waals surface area contributed by atoms with Gasteiger partial charge in [0.25, 0.3) is 5.92 Å². The minimum atomic E-state index is -2.92. The molecule has 26 nitrogen and oxygen atoms in total. The summed E-state index contributed by atoms with van der Waals surface area (Å²) in [6.07, 6.45) is -0.336. The summed E-state index contributed by atoms with van der Waals surface area (Å²) in [4.78, 5) is 191. The van der Waals surface area contributed by atoms with Crippen molar-refractivity contribution in [3.63, 3.8) is 0 Å². The smallest absolute Gasteiger partial charge is 0.250 e. The molecule has 3 aliphatic heterocycles. The normalized spacial score (nSPS) is 25.9. The fraction of sp³-hybridized carbons (Fsp3) is 0.688. The molecular formula is C77H121F2N13O13. The average molecular weight is 1470 g/mol. The van der Waals surface area contributed by atoms with E-state index in [0.717, 1.165) is 16.2 Å². The van der Waals surface area contributed by atoms with Crippen LogP contribution in [0.2, 0.25) is 0 Å². The predicted octanol–water partition coefficient (Wildman–Crippen LogP) is 4.39. The van der Waals surface area contributed by atoms with Crippen LogP contribution in [0.4, 0.5) is 8.78 Å². The first-order valence-electron chi connectivity index (χ1n) is 37.6. The zero-order valence-corrected chi connectivity index (χ0v) is 65.0. The van der Waals surface area contributed by atoms with E-state index in [1.54, 1.807) is 84.3 Å². The van der Waals surface area contributed by atoms with Gasteiger partial charge in [-0.3, -0.25) is 57.5 Å². The zero-order chi connectivity index (χ0) is 78.3. The Balaban J connectivity index is 1.70. The summed E-state index contributed by atoms with van der Waals surface area (Å²) in [6, 6.07) is 3.61. The number of unbranched alkanes of at least 4 members (excludes halogenated alkanes) is 1. The van der Waals surface area contributed by atoms with Gasteiger partial charge in [-0.05, 0) is 100 Å². The third kappa shape index (κ3) is 25.8. The third-order valence-corrected chi connectivity index (χ3v) is 20.4. The number of piperidine rings is 2. The first-order chi connectivity index (χ1) is 49.4. The number of hydrogen-bond acceptors (Lipinski definition) is 14. The largest absolute Gasteiger partial charge is 0.391 e. The van der Waals surface area contributed by atoms with Crippen molar-refractivity contribution in [1.29, 1.82) is 0 Å². The van der Waals surface area contributed by atoms with E-state index in [-0.39, 0.29) is 82.5 Å². The monoisotopic (exact) mass is 1470 g/mol. The summed E-state index contributed by atoms with van der Waals surface area (Å²) in [5.41, 5.74) is 1.26. The summed E-state index contributed by atoms with van der Waals surface area (Å²) in [5.74, 6) is -13.4. The van der Waals surface area contributed by atoms with Crippen molar-refractivity contribution in [2.75, 3.05) is 81.1 Å². The molecule has 6 N–H and O–H groups in total. The minimum absolute atomic E-state index is 0.00378. The van der Waals surface area contributed by atoms with E-state index < -0.39 is 175 Å². The lowest BCUT2D eigenvalue weighted by molar-refractivity contribution is -0.150. The van der Waals surface area contributed by atoms with Gasteiger partial charge in [0.05, 0.1) is 19.1 Å². The molecule has 105 heavy (non-hydrogen) atoms. The number of likely N-dealkylation sites (tertiary alicyclic amines) is 2. The fourth-order valence-electron chi connectivity index (χ4n) is 13.6. The molecule has 12 amide bonds. The van der Waals surface area contributed by atoms with Crippen molar-refractivity contribution >= 4 is 70.9 Å². The van der Waals surface area contributed by atoms with Crippen LogP contribution >= 0.6 is 0 Å². The highest BCUT2D eigenvalue weighted by molar-refractivity contribution is 6.00. The molecule has 0 bridgehead atoms. The quantitative estimate of drug-likeness (QED) is 0.114. The molecule has 0 aliphatic carbocycles. The summed E-state index contributed by atoms with van der Waals surface area (Å²) in [6.45, 7) is 18.8. The summed E-state index contributed by atoms with van der Waals surface area (Å²) < 4.78 is 29.1. The number of benzene rings is 2. The van der Waals surface area contributed by atoms with Gasteiger partial charge in [-0.15, -0.1) is 0 Å². The van der Waals surface area contributed by atoms with Gasteiger partial charge >= 0.3 is 0 Å². The van der Waals surface area contributed by atoms with Crippen molar-refractivity contribution in [1.82, 2.24) is 65.8 Å². The second-order valence-corrected chi connectivity index (χ2v) is 30.7. The number of rotatable bonds is 19. The summed E-state index contributed by atoms with van der Waals surface area (Å²) in [7, 11) is 6.92. The molecule has 586 valence electrons. The van der Waals surface area contributed by atoms with E-state index in [4.69, 9.17) is 0 Å². The Labute approximate surface area is 620 Å². The molecule has 3 saturated heterocycles. The third-order valence-electron chi connectivity index (χ3n) is 20.4. The van der Waals surface area contributed by atoms with Gasteiger partial charge in [0.15, 0.2) is 0 Å². The van der Waals surface area contributed by atoms with Crippen LogP contribution in [-0.2, 0) is 70.4 Å². The second kappa shape index (κ2) is 41.1. The Morgan fingerprint density at radius 3 is 1.50 bits per heavy atom. The van der Waals surface area contributed by atoms with E-state index in [1.165, 1.54) is 68.7 Å². The van der Waals surface area contributed by atoms with Crippen molar-refractivity contribution < 1.29 is 71.4 Å². The lowest BCUT2D eigenvalue weighted by Gasteiger charge is -2.37. The number of likely N-dealkylation sites (N-methyl/N-ethyl adjacent to an activating group) is 5. The molecule has 0 saturated carbocycles. The molecule has 0 radical (unpaired) electrons. The molecule has 0 aromatic heterocycles. The molecule has 3 fully saturated rings. The number of nitrogens with zero attached hydrogens (tertiary/aromatic N) is 8. The number of hydrogen-bond donors (Lipinski definition) is 6. The maximum absolute atomic E-state index is 15.4. The van der Waals surface area contributed by atoms with E-state index in [9.17, 15) is 33.1 Å². The molecule has 0 spiro atoms. The number of amides is 12. The zero-order valence-electron chi connectivity index (χ0n) is 65.0. The molecule has 11 atom stereocenters. The standard InChI is InChI=1S/C77H121F2N13O13/c1-17-18-35-92-47-64(95)86(13)60(43-50(6)7)69(98)81-57(42-49(4)5)72(101)89(16)62(45-55-30-24-20-25-31-55)74(103)85(12)52(10)67(96)80-58(73(102)91-36-26-21-27-37-91)46-63(94)83-65(51(8)9)75(104)88(15)61(44-54-28-22-19-23-29-54)70(99)82-56(41-48(2)3)71(100)87(14)59(68(97)84-66(53(11)93)76(92)105)32-38-90-39-33-77(78,79)34-40-90/h19-20,22-25,28-31,48-53,56-62,65-66,93H,17-18,21,26-27,32-47H2,1-16H3,(H,80,96)(H,81,98)(H,82,99)(H,83,94)(H,84,97)/t52-,53+,56-,57-,58-,59-,60-,61-,62-,65+,66-/m0/s1. The molecule has 5 rings (SSSR count).